The highest BCUT2D eigenvalue weighted by Crippen LogP contribution is 2.26. The molecule has 5 nitrogen and oxygen atoms in total. The molecule has 2 rings (SSSR count). The van der Waals surface area contributed by atoms with Crippen LogP contribution in [0.5, 0.6) is 0 Å². The topological polar surface area (TPSA) is 74.2 Å². The van der Waals surface area contributed by atoms with Crippen LogP contribution in [0.4, 0.5) is 0 Å². The Morgan fingerprint density at radius 1 is 1.59 bits per heavy atom. The van der Waals surface area contributed by atoms with Crippen molar-refractivity contribution in [1.29, 1.82) is 0 Å². The first-order valence-corrected chi connectivity index (χ1v) is 7.16. The summed E-state index contributed by atoms with van der Waals surface area (Å²) in [7, 11) is 0. The van der Waals surface area contributed by atoms with Crippen LogP contribution in [0.2, 0.25) is 0 Å². The fraction of sp³-hybridized carbons (Fsp3) is 0.818. The van der Waals surface area contributed by atoms with Crippen molar-refractivity contribution >= 4 is 11.8 Å². The number of hydrogen-bond acceptors (Lipinski definition) is 6. The van der Waals surface area contributed by atoms with E-state index in [-0.39, 0.29) is 12.1 Å². The SMILES string of the molecule is CCC(C)C(N)c1nc(C2CSCCO2)no1. The lowest BCUT2D eigenvalue weighted by Crippen LogP contribution is -2.20. The van der Waals surface area contributed by atoms with E-state index in [2.05, 4.69) is 24.0 Å². The van der Waals surface area contributed by atoms with Gasteiger partial charge in [-0.3, -0.25) is 0 Å². The summed E-state index contributed by atoms with van der Waals surface area (Å²) < 4.78 is 10.8. The van der Waals surface area contributed by atoms with E-state index in [4.69, 9.17) is 15.0 Å². The van der Waals surface area contributed by atoms with Crippen LogP contribution in [0.3, 0.4) is 0 Å². The number of hydrogen-bond donors (Lipinski definition) is 1. The molecule has 0 amide bonds. The maximum atomic E-state index is 6.05. The zero-order valence-corrected chi connectivity index (χ0v) is 11.1. The monoisotopic (exact) mass is 257 g/mol. The summed E-state index contributed by atoms with van der Waals surface area (Å²) >= 11 is 1.85. The summed E-state index contributed by atoms with van der Waals surface area (Å²) in [6.45, 7) is 4.93. The van der Waals surface area contributed by atoms with Gasteiger partial charge in [0.15, 0.2) is 0 Å². The first kappa shape index (κ1) is 12.9. The van der Waals surface area contributed by atoms with Crippen molar-refractivity contribution in [2.24, 2.45) is 11.7 Å². The van der Waals surface area contributed by atoms with E-state index < -0.39 is 0 Å². The van der Waals surface area contributed by atoms with E-state index in [0.717, 1.165) is 24.5 Å². The third-order valence-electron chi connectivity index (χ3n) is 3.10. The summed E-state index contributed by atoms with van der Waals surface area (Å²) in [6.07, 6.45) is 0.949. The zero-order valence-electron chi connectivity index (χ0n) is 10.3. The van der Waals surface area contributed by atoms with Crippen LogP contribution in [0.15, 0.2) is 4.52 Å². The summed E-state index contributed by atoms with van der Waals surface area (Å²) in [5.41, 5.74) is 6.05. The largest absolute Gasteiger partial charge is 0.368 e. The molecule has 1 fully saturated rings. The Morgan fingerprint density at radius 2 is 2.41 bits per heavy atom. The van der Waals surface area contributed by atoms with Gasteiger partial charge in [0.05, 0.1) is 12.6 Å². The third-order valence-corrected chi connectivity index (χ3v) is 4.10. The lowest BCUT2D eigenvalue weighted by Gasteiger charge is -2.18. The van der Waals surface area contributed by atoms with Gasteiger partial charge < -0.3 is 15.0 Å². The van der Waals surface area contributed by atoms with Crippen LogP contribution in [-0.4, -0.2) is 28.3 Å². The minimum atomic E-state index is -0.183. The lowest BCUT2D eigenvalue weighted by atomic mass is 10.0. The van der Waals surface area contributed by atoms with Gasteiger partial charge in [0.25, 0.3) is 0 Å². The predicted octanol–water partition coefficient (Wildman–Crippen LogP) is 1.92. The van der Waals surface area contributed by atoms with Crippen LogP contribution in [0.25, 0.3) is 0 Å². The van der Waals surface area contributed by atoms with E-state index in [1.807, 2.05) is 11.8 Å². The van der Waals surface area contributed by atoms with E-state index in [1.54, 1.807) is 0 Å². The van der Waals surface area contributed by atoms with Crippen molar-refractivity contribution in [3.8, 4) is 0 Å². The number of nitrogens with two attached hydrogens (primary N) is 1. The molecule has 1 aliphatic rings. The van der Waals surface area contributed by atoms with Crippen LogP contribution in [0.1, 0.15) is 44.1 Å². The highest BCUT2D eigenvalue weighted by Gasteiger charge is 2.25. The second-order valence-electron chi connectivity index (χ2n) is 4.34. The molecule has 1 saturated heterocycles. The molecule has 1 aromatic heterocycles. The van der Waals surface area contributed by atoms with Crippen LogP contribution in [0, 0.1) is 5.92 Å². The van der Waals surface area contributed by atoms with Gasteiger partial charge in [-0.05, 0) is 5.92 Å². The highest BCUT2D eigenvalue weighted by molar-refractivity contribution is 7.99. The minimum Gasteiger partial charge on any atom is -0.368 e. The lowest BCUT2D eigenvalue weighted by molar-refractivity contribution is 0.0677. The van der Waals surface area contributed by atoms with Crippen molar-refractivity contribution in [1.82, 2.24) is 10.1 Å². The summed E-state index contributed by atoms with van der Waals surface area (Å²) in [5.74, 6) is 3.41. The van der Waals surface area contributed by atoms with Crippen molar-refractivity contribution < 1.29 is 9.26 Å². The molecule has 3 unspecified atom stereocenters. The molecule has 0 aromatic carbocycles. The van der Waals surface area contributed by atoms with Gasteiger partial charge in [0.1, 0.15) is 6.10 Å². The van der Waals surface area contributed by atoms with Crippen LogP contribution in [-0.2, 0) is 4.74 Å². The summed E-state index contributed by atoms with van der Waals surface area (Å²) in [5, 5.41) is 3.97. The van der Waals surface area contributed by atoms with Crippen molar-refractivity contribution in [3.05, 3.63) is 11.7 Å². The molecular formula is C11H19N3O2S. The average Bonchev–Trinajstić information content (AvgIpc) is 2.87. The number of aromatic nitrogens is 2. The molecule has 96 valence electrons. The molecule has 17 heavy (non-hydrogen) atoms. The van der Waals surface area contributed by atoms with Gasteiger partial charge >= 0.3 is 0 Å². The van der Waals surface area contributed by atoms with Crippen LogP contribution < -0.4 is 5.73 Å². The number of thioether (sulfide) groups is 1. The Bertz CT molecular complexity index is 336. The molecule has 0 radical (unpaired) electrons. The summed E-state index contributed by atoms with van der Waals surface area (Å²) in [6, 6.07) is -0.183. The van der Waals surface area contributed by atoms with Crippen molar-refractivity contribution in [2.45, 2.75) is 32.4 Å². The van der Waals surface area contributed by atoms with Crippen LogP contribution >= 0.6 is 11.8 Å². The smallest absolute Gasteiger partial charge is 0.243 e. The second-order valence-corrected chi connectivity index (χ2v) is 5.49. The number of nitrogens with zero attached hydrogens (tertiary/aromatic N) is 2. The Balaban J connectivity index is 2.04. The maximum Gasteiger partial charge on any atom is 0.243 e. The highest BCUT2D eigenvalue weighted by atomic mass is 32.2. The van der Waals surface area contributed by atoms with Gasteiger partial charge in [-0.1, -0.05) is 25.4 Å². The minimum absolute atomic E-state index is 0.0459. The molecule has 0 spiro atoms. The van der Waals surface area contributed by atoms with Gasteiger partial charge in [0.2, 0.25) is 11.7 Å². The van der Waals surface area contributed by atoms with Gasteiger partial charge in [-0.2, -0.15) is 16.7 Å². The first-order chi connectivity index (χ1) is 8.22. The number of ether oxygens (including phenoxy) is 1. The molecule has 6 heteroatoms. The van der Waals surface area contributed by atoms with E-state index >= 15 is 0 Å². The van der Waals surface area contributed by atoms with Gasteiger partial charge in [-0.25, -0.2) is 0 Å². The molecule has 0 saturated carbocycles. The molecule has 1 aromatic rings. The molecule has 1 aliphatic heterocycles. The van der Waals surface area contributed by atoms with Crippen molar-refractivity contribution in [3.63, 3.8) is 0 Å². The standard InChI is InChI=1S/C11H19N3O2S/c1-3-7(2)9(12)11-13-10(14-16-11)8-6-17-5-4-15-8/h7-9H,3-6,12H2,1-2H3. The Morgan fingerprint density at radius 3 is 3.06 bits per heavy atom. The molecule has 2 heterocycles. The molecule has 0 aliphatic carbocycles. The average molecular weight is 257 g/mol. The van der Waals surface area contributed by atoms with Crippen molar-refractivity contribution in [2.75, 3.05) is 18.1 Å². The quantitative estimate of drug-likeness (QED) is 0.888. The summed E-state index contributed by atoms with van der Waals surface area (Å²) in [4.78, 5) is 4.36. The Labute approximate surface area is 105 Å². The van der Waals surface area contributed by atoms with E-state index in [0.29, 0.717) is 17.6 Å². The molecule has 2 N–H and O–H groups in total. The van der Waals surface area contributed by atoms with Gasteiger partial charge in [0, 0.05) is 11.5 Å². The molecular weight excluding hydrogens is 238 g/mol. The Kier molecular flexibility index (Phi) is 4.42. The van der Waals surface area contributed by atoms with E-state index in [1.165, 1.54) is 0 Å². The molecule has 3 atom stereocenters. The van der Waals surface area contributed by atoms with Gasteiger partial charge in [-0.15, -0.1) is 0 Å². The Hall–Kier alpha value is -0.590. The normalized spacial score (nSPS) is 24.5. The zero-order chi connectivity index (χ0) is 12.3. The predicted molar refractivity (Wildman–Crippen MR) is 66.7 cm³/mol. The molecule has 0 bridgehead atoms. The third kappa shape index (κ3) is 3.00. The van der Waals surface area contributed by atoms with E-state index in [9.17, 15) is 0 Å². The number of rotatable bonds is 4. The maximum absolute atomic E-state index is 6.05. The first-order valence-electron chi connectivity index (χ1n) is 6.00. The fourth-order valence-corrected chi connectivity index (χ4v) is 2.49. The second kappa shape index (κ2) is 5.84. The fourth-order valence-electron chi connectivity index (χ4n) is 1.65.